The Balaban J connectivity index is 1.12. The number of rotatable bonds is 3. The van der Waals surface area contributed by atoms with Crippen LogP contribution in [0.1, 0.15) is 43.6 Å². The molecule has 29 heavy (non-hydrogen) atoms. The van der Waals surface area contributed by atoms with Gasteiger partial charge in [-0.15, -0.1) is 0 Å². The van der Waals surface area contributed by atoms with Gasteiger partial charge in [0.2, 0.25) is 10.0 Å². The van der Waals surface area contributed by atoms with Crippen molar-refractivity contribution >= 4 is 21.9 Å². The van der Waals surface area contributed by atoms with Crippen molar-refractivity contribution in [2.75, 3.05) is 44.2 Å². The third-order valence-corrected chi connectivity index (χ3v) is 8.63. The highest BCUT2D eigenvalue weighted by Gasteiger charge is 2.45. The lowest BCUT2D eigenvalue weighted by atomic mass is 9.78. The Labute approximate surface area is 172 Å². The minimum Gasteiger partial charge on any atom is -0.355 e. The lowest BCUT2D eigenvalue weighted by Gasteiger charge is -2.49. The van der Waals surface area contributed by atoms with Crippen molar-refractivity contribution < 1.29 is 13.2 Å². The minimum absolute atomic E-state index is 0.0839. The van der Waals surface area contributed by atoms with Gasteiger partial charge in [0.25, 0.3) is 0 Å². The van der Waals surface area contributed by atoms with Gasteiger partial charge < -0.3 is 14.7 Å². The van der Waals surface area contributed by atoms with Gasteiger partial charge >= 0.3 is 6.03 Å². The predicted octanol–water partition coefficient (Wildman–Crippen LogP) is 1.34. The van der Waals surface area contributed by atoms with E-state index in [1.165, 1.54) is 25.7 Å². The van der Waals surface area contributed by atoms with Crippen molar-refractivity contribution in [3.63, 3.8) is 0 Å². The lowest BCUT2D eigenvalue weighted by Crippen LogP contribution is -2.55. The Morgan fingerprint density at radius 3 is 2.41 bits per heavy atom. The van der Waals surface area contributed by atoms with E-state index < -0.39 is 15.3 Å². The number of primary sulfonamides is 1. The molecule has 3 saturated heterocycles. The van der Waals surface area contributed by atoms with Crippen LogP contribution in [0, 0.1) is 5.41 Å². The van der Waals surface area contributed by atoms with Crippen molar-refractivity contribution in [2.24, 2.45) is 10.6 Å². The maximum atomic E-state index is 12.6. The fourth-order valence-corrected chi connectivity index (χ4v) is 6.23. The zero-order chi connectivity index (χ0) is 20.2. The second-order valence-corrected chi connectivity index (χ2v) is 11.2. The number of likely N-dealkylation sites (tertiary alicyclic amines) is 2. The highest BCUT2D eigenvalue weighted by Crippen LogP contribution is 2.46. The average molecular weight is 420 g/mol. The fraction of sp³-hybridized carbons (Fsp3) is 0.700. The summed E-state index contributed by atoms with van der Waals surface area (Å²) in [5, 5.41) is 4.58. The molecule has 4 fully saturated rings. The van der Waals surface area contributed by atoms with Crippen LogP contribution in [0.4, 0.5) is 10.6 Å². The molecule has 8 nitrogen and oxygen atoms in total. The molecule has 0 bridgehead atoms. The molecule has 1 spiro atoms. The molecule has 2 N–H and O–H groups in total. The minimum atomic E-state index is -3.58. The predicted molar refractivity (Wildman–Crippen MR) is 110 cm³/mol. The van der Waals surface area contributed by atoms with Crippen LogP contribution in [0.25, 0.3) is 0 Å². The number of amides is 2. The summed E-state index contributed by atoms with van der Waals surface area (Å²) >= 11 is 0. The summed E-state index contributed by atoms with van der Waals surface area (Å²) in [4.78, 5) is 23.0. The van der Waals surface area contributed by atoms with E-state index >= 15 is 0 Å². The summed E-state index contributed by atoms with van der Waals surface area (Å²) in [7, 11) is -3.58. The molecular formula is C20H29N5O3S. The molecule has 1 aliphatic carbocycles. The van der Waals surface area contributed by atoms with E-state index in [1.807, 2.05) is 6.20 Å². The highest BCUT2D eigenvalue weighted by atomic mass is 32.2. The molecule has 3 aliphatic heterocycles. The molecule has 0 aromatic carbocycles. The number of anilines is 1. The molecule has 4 aliphatic rings. The van der Waals surface area contributed by atoms with Crippen LogP contribution in [-0.2, 0) is 10.0 Å². The summed E-state index contributed by atoms with van der Waals surface area (Å²) in [6.07, 6.45) is 7.85. The van der Waals surface area contributed by atoms with Crippen molar-refractivity contribution in [3.8, 4) is 0 Å². The van der Waals surface area contributed by atoms with E-state index in [4.69, 9.17) is 5.14 Å². The Morgan fingerprint density at radius 1 is 1.10 bits per heavy atom. The maximum Gasteiger partial charge on any atom is 0.320 e. The van der Waals surface area contributed by atoms with Gasteiger partial charge in [-0.2, -0.15) is 0 Å². The smallest absolute Gasteiger partial charge is 0.320 e. The number of hydrogen-bond acceptors (Lipinski definition) is 5. The van der Waals surface area contributed by atoms with Gasteiger partial charge in [-0.05, 0) is 30.9 Å². The number of carbonyl (C=O) groups excluding carboxylic acids is 1. The SMILES string of the molecule is NS(=O)(=O)C1CCN(C(=O)N2CC(c3ccc(N4CC5(CCCC5)C4)nc3)C2)C1. The molecule has 2 amide bonds. The first-order valence-electron chi connectivity index (χ1n) is 10.6. The van der Waals surface area contributed by atoms with Crippen LogP contribution in [0.2, 0.25) is 0 Å². The molecule has 1 aromatic heterocycles. The van der Waals surface area contributed by atoms with Crippen LogP contribution in [0.3, 0.4) is 0 Å². The second kappa shape index (κ2) is 6.84. The topological polar surface area (TPSA) is 99.8 Å². The van der Waals surface area contributed by atoms with Crippen LogP contribution < -0.4 is 10.0 Å². The number of aromatic nitrogens is 1. The highest BCUT2D eigenvalue weighted by molar-refractivity contribution is 7.89. The average Bonchev–Trinajstić information content (AvgIpc) is 3.29. The molecule has 0 radical (unpaired) electrons. The molecule has 1 atom stereocenters. The van der Waals surface area contributed by atoms with E-state index in [-0.39, 0.29) is 12.6 Å². The second-order valence-electron chi connectivity index (χ2n) is 9.34. The first kappa shape index (κ1) is 19.1. The van der Waals surface area contributed by atoms with E-state index in [1.54, 1.807) is 9.80 Å². The van der Waals surface area contributed by atoms with Gasteiger partial charge in [0.05, 0.1) is 5.25 Å². The lowest BCUT2D eigenvalue weighted by molar-refractivity contribution is 0.121. The van der Waals surface area contributed by atoms with Crippen LogP contribution in [0.15, 0.2) is 18.3 Å². The largest absolute Gasteiger partial charge is 0.355 e. The van der Waals surface area contributed by atoms with Gasteiger partial charge in [-0.3, -0.25) is 0 Å². The number of urea groups is 1. The summed E-state index contributed by atoms with van der Waals surface area (Å²) in [6.45, 7) is 4.24. The monoisotopic (exact) mass is 419 g/mol. The van der Waals surface area contributed by atoms with Crippen LogP contribution in [-0.4, -0.2) is 73.8 Å². The molecule has 1 aromatic rings. The Kier molecular flexibility index (Phi) is 4.51. The Morgan fingerprint density at radius 2 is 1.83 bits per heavy atom. The van der Waals surface area contributed by atoms with Gasteiger partial charge in [0.15, 0.2) is 0 Å². The summed E-state index contributed by atoms with van der Waals surface area (Å²) in [6, 6.07) is 4.17. The van der Waals surface area contributed by atoms with Gasteiger partial charge in [0, 0.05) is 56.8 Å². The summed E-state index contributed by atoms with van der Waals surface area (Å²) < 4.78 is 23.0. The van der Waals surface area contributed by atoms with E-state index in [2.05, 4.69) is 22.0 Å². The van der Waals surface area contributed by atoms with Crippen molar-refractivity contribution in [2.45, 2.75) is 43.3 Å². The van der Waals surface area contributed by atoms with Crippen molar-refractivity contribution in [3.05, 3.63) is 23.9 Å². The summed E-state index contributed by atoms with van der Waals surface area (Å²) in [5.74, 6) is 1.36. The molecule has 1 unspecified atom stereocenters. The first-order chi connectivity index (χ1) is 13.8. The number of hydrogen-bond donors (Lipinski definition) is 1. The Bertz CT molecular complexity index is 883. The summed E-state index contributed by atoms with van der Waals surface area (Å²) in [5.41, 5.74) is 1.73. The zero-order valence-corrected chi connectivity index (χ0v) is 17.5. The van der Waals surface area contributed by atoms with Gasteiger partial charge in [0.1, 0.15) is 5.82 Å². The number of pyridine rings is 1. The third-order valence-electron chi connectivity index (χ3n) is 7.32. The standard InChI is InChI=1S/C20H29N5O3S/c21-29(27,28)17-5-8-23(12-17)19(26)24-10-16(11-24)15-3-4-18(22-9-15)25-13-20(14-25)6-1-2-7-20/h3-4,9,16-17H,1-2,5-8,10-14H2,(H2,21,27,28). The quantitative estimate of drug-likeness (QED) is 0.797. The number of nitrogens with zero attached hydrogens (tertiary/aromatic N) is 4. The van der Waals surface area contributed by atoms with E-state index in [0.29, 0.717) is 37.4 Å². The fourth-order valence-electron chi connectivity index (χ4n) is 5.41. The molecule has 5 rings (SSSR count). The van der Waals surface area contributed by atoms with Crippen molar-refractivity contribution in [1.29, 1.82) is 0 Å². The Hall–Kier alpha value is -1.87. The third kappa shape index (κ3) is 3.48. The number of carbonyl (C=O) groups is 1. The zero-order valence-electron chi connectivity index (χ0n) is 16.7. The number of nitrogens with two attached hydrogens (primary N) is 1. The molecule has 1 saturated carbocycles. The molecule has 158 valence electrons. The van der Waals surface area contributed by atoms with E-state index in [9.17, 15) is 13.2 Å². The van der Waals surface area contributed by atoms with Gasteiger partial charge in [-0.25, -0.2) is 23.3 Å². The number of sulfonamides is 1. The normalized spacial score (nSPS) is 26.7. The first-order valence-corrected chi connectivity index (χ1v) is 12.2. The molecule has 9 heteroatoms. The van der Waals surface area contributed by atoms with Gasteiger partial charge in [-0.1, -0.05) is 18.9 Å². The molecular weight excluding hydrogens is 390 g/mol. The van der Waals surface area contributed by atoms with Crippen LogP contribution >= 0.6 is 0 Å². The van der Waals surface area contributed by atoms with E-state index in [0.717, 1.165) is 24.5 Å². The molecule has 4 heterocycles. The van der Waals surface area contributed by atoms with Crippen molar-refractivity contribution in [1.82, 2.24) is 14.8 Å². The maximum absolute atomic E-state index is 12.6. The van der Waals surface area contributed by atoms with Crippen LogP contribution in [0.5, 0.6) is 0 Å².